The van der Waals surface area contributed by atoms with Crippen LogP contribution >= 0.6 is 12.4 Å². The molecular weight excluding hydrogens is 234 g/mol. The van der Waals surface area contributed by atoms with Crippen LogP contribution in [0.25, 0.3) is 10.8 Å². The van der Waals surface area contributed by atoms with Gasteiger partial charge in [-0.1, -0.05) is 30.3 Å². The number of fused-ring (bicyclic) bond motifs is 1. The van der Waals surface area contributed by atoms with Crippen molar-refractivity contribution >= 4 is 23.2 Å². The first-order chi connectivity index (χ1) is 7.77. The lowest BCUT2D eigenvalue weighted by atomic mass is 9.95. The van der Waals surface area contributed by atoms with Crippen LogP contribution in [0.1, 0.15) is 24.4 Å². The summed E-state index contributed by atoms with van der Waals surface area (Å²) in [6.07, 6.45) is 2.37. The topological polar surface area (TPSA) is 46.2 Å². The minimum Gasteiger partial charge on any atom is -0.508 e. The predicted octanol–water partition coefficient (Wildman–Crippen LogP) is 3.38. The van der Waals surface area contributed by atoms with Gasteiger partial charge in [0.05, 0.1) is 0 Å². The molecule has 1 saturated carbocycles. The highest BCUT2D eigenvalue weighted by Crippen LogP contribution is 2.44. The Bertz CT molecular complexity index is 537. The van der Waals surface area contributed by atoms with E-state index in [0.717, 1.165) is 16.3 Å². The fourth-order valence-electron chi connectivity index (χ4n) is 2.33. The Kier molecular flexibility index (Phi) is 3.27. The van der Waals surface area contributed by atoms with Gasteiger partial charge in [0.25, 0.3) is 0 Å². The van der Waals surface area contributed by atoms with Gasteiger partial charge in [-0.15, -0.1) is 12.4 Å². The zero-order valence-corrected chi connectivity index (χ0v) is 10.3. The van der Waals surface area contributed by atoms with Crippen molar-refractivity contribution in [3.05, 3.63) is 42.0 Å². The number of aromatic hydroxyl groups is 1. The first kappa shape index (κ1) is 12.2. The Balaban J connectivity index is 0.00000108. The average Bonchev–Trinajstić information content (AvgIpc) is 3.12. The number of phenolic OH excluding ortho intramolecular Hbond substituents is 1. The van der Waals surface area contributed by atoms with Crippen LogP contribution in [0.15, 0.2) is 36.4 Å². The van der Waals surface area contributed by atoms with E-state index in [1.54, 1.807) is 6.07 Å². The molecule has 0 amide bonds. The van der Waals surface area contributed by atoms with Crippen LogP contribution in [-0.2, 0) is 0 Å². The molecule has 3 rings (SSSR count). The van der Waals surface area contributed by atoms with Crippen LogP contribution in [0.2, 0.25) is 0 Å². The Labute approximate surface area is 107 Å². The molecule has 0 saturated heterocycles. The Morgan fingerprint density at radius 2 is 1.82 bits per heavy atom. The van der Waals surface area contributed by atoms with E-state index in [-0.39, 0.29) is 18.4 Å². The lowest BCUT2D eigenvalue weighted by molar-refractivity contribution is 0.458. The summed E-state index contributed by atoms with van der Waals surface area (Å²) in [5, 5.41) is 12.2. The summed E-state index contributed by atoms with van der Waals surface area (Å²) in [5.41, 5.74) is 7.12. The van der Waals surface area contributed by atoms with Gasteiger partial charge in [-0.25, -0.2) is 0 Å². The van der Waals surface area contributed by atoms with Crippen LogP contribution < -0.4 is 5.73 Å². The second-order valence-corrected chi connectivity index (χ2v) is 4.58. The van der Waals surface area contributed by atoms with Crippen molar-refractivity contribution in [2.24, 2.45) is 11.7 Å². The summed E-state index contributed by atoms with van der Waals surface area (Å²) in [6, 6.07) is 11.8. The number of rotatable bonds is 2. The number of nitrogens with two attached hydrogens (primary N) is 1. The van der Waals surface area contributed by atoms with Gasteiger partial charge >= 0.3 is 0 Å². The molecule has 0 heterocycles. The minimum absolute atomic E-state index is 0. The average molecular weight is 250 g/mol. The van der Waals surface area contributed by atoms with E-state index in [2.05, 4.69) is 6.07 Å². The monoisotopic (exact) mass is 249 g/mol. The highest BCUT2D eigenvalue weighted by atomic mass is 35.5. The zero-order chi connectivity index (χ0) is 11.1. The molecule has 2 aromatic carbocycles. The molecule has 1 aliphatic carbocycles. The summed E-state index contributed by atoms with van der Waals surface area (Å²) in [7, 11) is 0. The molecular formula is C14H16ClNO. The molecule has 90 valence electrons. The van der Waals surface area contributed by atoms with Gasteiger partial charge in [0.1, 0.15) is 5.75 Å². The van der Waals surface area contributed by atoms with Crippen LogP contribution in [-0.4, -0.2) is 5.11 Å². The molecule has 3 heteroatoms. The van der Waals surface area contributed by atoms with Gasteiger partial charge in [0.15, 0.2) is 0 Å². The van der Waals surface area contributed by atoms with Gasteiger partial charge in [-0.05, 0) is 35.6 Å². The van der Waals surface area contributed by atoms with Crippen molar-refractivity contribution in [3.8, 4) is 5.75 Å². The standard InChI is InChI=1S/C14H15NO.ClH/c15-14(10-5-6-10)13-11-4-2-1-3-9(11)7-8-12(13)16;/h1-4,7-8,10,14,16H,5-6,15H2;1H/t14-;/m1./s1. The molecule has 0 unspecified atom stereocenters. The summed E-state index contributed by atoms with van der Waals surface area (Å²) >= 11 is 0. The van der Waals surface area contributed by atoms with Gasteiger partial charge < -0.3 is 10.8 Å². The summed E-state index contributed by atoms with van der Waals surface area (Å²) in [4.78, 5) is 0. The van der Waals surface area contributed by atoms with Crippen molar-refractivity contribution in [1.82, 2.24) is 0 Å². The molecule has 1 aliphatic rings. The SMILES string of the molecule is Cl.N[C@@H](c1c(O)ccc2ccccc12)C1CC1. The molecule has 0 radical (unpaired) electrons. The maximum absolute atomic E-state index is 9.98. The van der Waals surface area contributed by atoms with Crippen molar-refractivity contribution in [3.63, 3.8) is 0 Å². The van der Waals surface area contributed by atoms with Crippen LogP contribution in [0.4, 0.5) is 0 Å². The van der Waals surface area contributed by atoms with Crippen LogP contribution in [0.3, 0.4) is 0 Å². The number of halogens is 1. The summed E-state index contributed by atoms with van der Waals surface area (Å²) in [5.74, 6) is 0.884. The Hall–Kier alpha value is -1.25. The zero-order valence-electron chi connectivity index (χ0n) is 9.47. The third-order valence-electron chi connectivity index (χ3n) is 3.41. The van der Waals surface area contributed by atoms with E-state index < -0.39 is 0 Å². The molecule has 2 aromatic rings. The van der Waals surface area contributed by atoms with Crippen molar-refractivity contribution in [1.29, 1.82) is 0 Å². The molecule has 0 aromatic heterocycles. The van der Waals surface area contributed by atoms with Crippen LogP contribution in [0, 0.1) is 5.92 Å². The molecule has 0 aliphatic heterocycles. The molecule has 3 N–H and O–H groups in total. The van der Waals surface area contributed by atoms with E-state index in [0.29, 0.717) is 11.7 Å². The number of phenols is 1. The van der Waals surface area contributed by atoms with Crippen molar-refractivity contribution < 1.29 is 5.11 Å². The van der Waals surface area contributed by atoms with Crippen molar-refractivity contribution in [2.45, 2.75) is 18.9 Å². The Morgan fingerprint density at radius 1 is 1.12 bits per heavy atom. The smallest absolute Gasteiger partial charge is 0.120 e. The van der Waals surface area contributed by atoms with E-state index in [1.165, 1.54) is 12.8 Å². The lowest BCUT2D eigenvalue weighted by Gasteiger charge is -2.15. The maximum Gasteiger partial charge on any atom is 0.120 e. The molecule has 0 spiro atoms. The molecule has 1 atom stereocenters. The summed E-state index contributed by atoms with van der Waals surface area (Å²) < 4.78 is 0. The quantitative estimate of drug-likeness (QED) is 0.857. The normalized spacial score (nSPS) is 16.5. The largest absolute Gasteiger partial charge is 0.508 e. The van der Waals surface area contributed by atoms with Gasteiger partial charge in [-0.3, -0.25) is 0 Å². The Morgan fingerprint density at radius 3 is 2.53 bits per heavy atom. The fraction of sp³-hybridized carbons (Fsp3) is 0.286. The van der Waals surface area contributed by atoms with Gasteiger partial charge in [0, 0.05) is 11.6 Å². The molecule has 17 heavy (non-hydrogen) atoms. The second kappa shape index (κ2) is 4.55. The van der Waals surface area contributed by atoms with Gasteiger partial charge in [-0.2, -0.15) is 0 Å². The number of hydrogen-bond acceptors (Lipinski definition) is 2. The number of benzene rings is 2. The molecule has 0 bridgehead atoms. The predicted molar refractivity (Wildman–Crippen MR) is 72.5 cm³/mol. The third-order valence-corrected chi connectivity index (χ3v) is 3.41. The van der Waals surface area contributed by atoms with E-state index in [4.69, 9.17) is 5.73 Å². The van der Waals surface area contributed by atoms with E-state index in [9.17, 15) is 5.11 Å². The summed E-state index contributed by atoms with van der Waals surface area (Å²) in [6.45, 7) is 0. The number of hydrogen-bond donors (Lipinski definition) is 2. The van der Waals surface area contributed by atoms with Crippen molar-refractivity contribution in [2.75, 3.05) is 0 Å². The lowest BCUT2D eigenvalue weighted by Crippen LogP contribution is -2.13. The van der Waals surface area contributed by atoms with Gasteiger partial charge in [0.2, 0.25) is 0 Å². The first-order valence-electron chi connectivity index (χ1n) is 5.73. The minimum atomic E-state index is -0.0221. The van der Waals surface area contributed by atoms with E-state index >= 15 is 0 Å². The molecule has 1 fully saturated rings. The fourth-order valence-corrected chi connectivity index (χ4v) is 2.33. The second-order valence-electron chi connectivity index (χ2n) is 4.58. The maximum atomic E-state index is 9.98. The highest BCUT2D eigenvalue weighted by Gasteiger charge is 2.31. The van der Waals surface area contributed by atoms with Crippen LogP contribution in [0.5, 0.6) is 5.75 Å². The van der Waals surface area contributed by atoms with E-state index in [1.807, 2.05) is 24.3 Å². The first-order valence-corrected chi connectivity index (χ1v) is 5.73. The highest BCUT2D eigenvalue weighted by molar-refractivity contribution is 5.88. The third kappa shape index (κ3) is 2.11. The molecule has 2 nitrogen and oxygen atoms in total.